The maximum atomic E-state index is 15.0. The Bertz CT molecular complexity index is 1190. The molecule has 0 aliphatic carbocycles. The van der Waals surface area contributed by atoms with Gasteiger partial charge in [-0.1, -0.05) is 0 Å². The third kappa shape index (κ3) is 3.71. The van der Waals surface area contributed by atoms with Gasteiger partial charge in [-0.15, -0.1) is 0 Å². The molecule has 3 aromatic carbocycles. The molecule has 0 heterocycles. The Balaban J connectivity index is 2.15. The van der Waals surface area contributed by atoms with Gasteiger partial charge in [0, 0.05) is 0 Å². The third-order valence-corrected chi connectivity index (χ3v) is 3.92. The highest BCUT2D eigenvalue weighted by molar-refractivity contribution is 5.60. The SMILES string of the molecule is N#Cc1ccc(Oc2c(F)c(C#N)c(C#N)c(F)c2Oc2ccc(C#N)cc2)cc1. The smallest absolute Gasteiger partial charge is 0.210 e. The lowest BCUT2D eigenvalue weighted by Crippen LogP contribution is -2.03. The van der Waals surface area contributed by atoms with E-state index < -0.39 is 34.3 Å². The van der Waals surface area contributed by atoms with Crippen LogP contribution in [0.15, 0.2) is 48.5 Å². The standard InChI is InChI=1S/C22H8F2N4O2/c23-19-17(11-27)18(12-28)20(24)22(30-16-7-3-14(10-26)4-8-16)21(19)29-15-5-1-13(9-25)2-6-15/h1-8H. The Morgan fingerprint density at radius 1 is 0.533 bits per heavy atom. The Hall–Kier alpha value is -4.92. The molecule has 0 radical (unpaired) electrons. The van der Waals surface area contributed by atoms with E-state index >= 15 is 0 Å². The highest BCUT2D eigenvalue weighted by Gasteiger charge is 2.28. The van der Waals surface area contributed by atoms with Crippen molar-refractivity contribution in [1.82, 2.24) is 0 Å². The van der Waals surface area contributed by atoms with Crippen LogP contribution in [0.4, 0.5) is 8.78 Å². The molecule has 30 heavy (non-hydrogen) atoms. The maximum absolute atomic E-state index is 15.0. The van der Waals surface area contributed by atoms with Crippen LogP contribution in [-0.2, 0) is 0 Å². The lowest BCUT2D eigenvalue weighted by molar-refractivity contribution is 0.373. The summed E-state index contributed by atoms with van der Waals surface area (Å²) in [4.78, 5) is 0. The van der Waals surface area contributed by atoms with Crippen LogP contribution in [0.25, 0.3) is 0 Å². The number of rotatable bonds is 4. The maximum Gasteiger partial charge on any atom is 0.210 e. The van der Waals surface area contributed by atoms with Crippen molar-refractivity contribution in [1.29, 1.82) is 21.0 Å². The Morgan fingerprint density at radius 2 is 0.867 bits per heavy atom. The summed E-state index contributed by atoms with van der Waals surface area (Å²) in [6, 6.07) is 17.7. The number of halogens is 2. The van der Waals surface area contributed by atoms with E-state index in [4.69, 9.17) is 20.0 Å². The van der Waals surface area contributed by atoms with Crippen LogP contribution in [0.1, 0.15) is 22.3 Å². The molecule has 0 aliphatic rings. The van der Waals surface area contributed by atoms with Crippen molar-refractivity contribution in [3.05, 3.63) is 82.4 Å². The minimum atomic E-state index is -1.27. The van der Waals surface area contributed by atoms with Crippen LogP contribution >= 0.6 is 0 Å². The molecule has 0 aromatic heterocycles. The molecule has 0 atom stereocenters. The first-order valence-corrected chi connectivity index (χ1v) is 8.23. The van der Waals surface area contributed by atoms with Gasteiger partial charge in [0.05, 0.1) is 23.3 Å². The molecule has 0 aliphatic heterocycles. The van der Waals surface area contributed by atoms with Crippen LogP contribution < -0.4 is 9.47 Å². The summed E-state index contributed by atoms with van der Waals surface area (Å²) in [5.41, 5.74) is -1.02. The summed E-state index contributed by atoms with van der Waals surface area (Å²) in [6.45, 7) is 0. The van der Waals surface area contributed by atoms with Crippen molar-refractivity contribution in [3.8, 4) is 47.3 Å². The average molecular weight is 398 g/mol. The van der Waals surface area contributed by atoms with Crippen molar-refractivity contribution in [2.24, 2.45) is 0 Å². The minimum Gasteiger partial charge on any atom is -0.450 e. The summed E-state index contributed by atoms with van der Waals surface area (Å²) in [7, 11) is 0. The zero-order chi connectivity index (χ0) is 21.7. The van der Waals surface area contributed by atoms with Gasteiger partial charge in [0.25, 0.3) is 0 Å². The van der Waals surface area contributed by atoms with Crippen molar-refractivity contribution in [2.75, 3.05) is 0 Å². The summed E-state index contributed by atoms with van der Waals surface area (Å²) < 4.78 is 40.8. The third-order valence-electron chi connectivity index (χ3n) is 3.92. The highest BCUT2D eigenvalue weighted by atomic mass is 19.1. The van der Waals surface area contributed by atoms with Gasteiger partial charge < -0.3 is 9.47 Å². The molecular formula is C22H8F2N4O2. The second-order valence-electron chi connectivity index (χ2n) is 5.74. The van der Waals surface area contributed by atoms with Crippen LogP contribution in [0.3, 0.4) is 0 Å². The molecule has 3 rings (SSSR count). The lowest BCUT2D eigenvalue weighted by atomic mass is 10.1. The summed E-state index contributed by atoms with van der Waals surface area (Å²) >= 11 is 0. The van der Waals surface area contributed by atoms with E-state index in [2.05, 4.69) is 0 Å². The Labute approximate surface area is 169 Å². The van der Waals surface area contributed by atoms with Crippen molar-refractivity contribution >= 4 is 0 Å². The van der Waals surface area contributed by atoms with Gasteiger partial charge in [-0.25, -0.2) is 8.78 Å². The molecule has 0 saturated heterocycles. The summed E-state index contributed by atoms with van der Waals surface area (Å²) in [5, 5.41) is 36.1. The van der Waals surface area contributed by atoms with Crippen molar-refractivity contribution in [2.45, 2.75) is 0 Å². The number of hydrogen-bond donors (Lipinski definition) is 0. The van der Waals surface area contributed by atoms with Gasteiger partial charge in [0.15, 0.2) is 11.6 Å². The number of nitrogens with zero attached hydrogens (tertiary/aromatic N) is 4. The minimum absolute atomic E-state index is 0.0468. The van der Waals surface area contributed by atoms with E-state index in [1.165, 1.54) is 60.7 Å². The summed E-state index contributed by atoms with van der Waals surface area (Å²) in [5.74, 6) is -3.93. The molecule has 0 fully saturated rings. The van der Waals surface area contributed by atoms with Gasteiger partial charge in [-0.05, 0) is 48.5 Å². The van der Waals surface area contributed by atoms with Gasteiger partial charge in [0.1, 0.15) is 34.8 Å². The second kappa shape index (κ2) is 8.40. The second-order valence-corrected chi connectivity index (χ2v) is 5.74. The quantitative estimate of drug-likeness (QED) is 0.608. The molecule has 3 aromatic rings. The highest BCUT2D eigenvalue weighted by Crippen LogP contribution is 2.42. The van der Waals surface area contributed by atoms with Crippen LogP contribution in [0.5, 0.6) is 23.0 Å². The van der Waals surface area contributed by atoms with E-state index in [0.717, 1.165) is 0 Å². The molecule has 6 nitrogen and oxygen atoms in total. The van der Waals surface area contributed by atoms with E-state index in [0.29, 0.717) is 11.1 Å². The fraction of sp³-hybridized carbons (Fsp3) is 0. The lowest BCUT2D eigenvalue weighted by Gasteiger charge is -2.16. The molecule has 0 saturated carbocycles. The topological polar surface area (TPSA) is 114 Å². The monoisotopic (exact) mass is 398 g/mol. The Morgan fingerprint density at radius 3 is 1.13 bits per heavy atom. The molecule has 0 N–H and O–H groups in total. The number of hydrogen-bond acceptors (Lipinski definition) is 6. The van der Waals surface area contributed by atoms with Gasteiger partial charge in [0.2, 0.25) is 11.5 Å². The number of ether oxygens (including phenoxy) is 2. The predicted molar refractivity (Wildman–Crippen MR) is 98.2 cm³/mol. The first-order valence-electron chi connectivity index (χ1n) is 8.23. The van der Waals surface area contributed by atoms with Gasteiger partial charge in [-0.3, -0.25) is 0 Å². The molecule has 0 unspecified atom stereocenters. The van der Waals surface area contributed by atoms with E-state index in [1.807, 2.05) is 12.1 Å². The van der Waals surface area contributed by atoms with Crippen LogP contribution in [0, 0.1) is 57.0 Å². The molecule has 142 valence electrons. The molecular weight excluding hydrogens is 390 g/mol. The molecule has 0 bridgehead atoms. The van der Waals surface area contributed by atoms with Crippen molar-refractivity contribution < 1.29 is 18.3 Å². The fourth-order valence-corrected chi connectivity index (χ4v) is 2.47. The molecule has 0 spiro atoms. The van der Waals surface area contributed by atoms with Gasteiger partial charge in [-0.2, -0.15) is 21.0 Å². The average Bonchev–Trinajstić information content (AvgIpc) is 2.79. The molecule has 0 amide bonds. The predicted octanol–water partition coefficient (Wildman–Crippen LogP) is 5.04. The zero-order valence-electron chi connectivity index (χ0n) is 15.0. The summed E-state index contributed by atoms with van der Waals surface area (Å²) in [6.07, 6.45) is 0. The van der Waals surface area contributed by atoms with Crippen LogP contribution in [0.2, 0.25) is 0 Å². The largest absolute Gasteiger partial charge is 0.450 e. The van der Waals surface area contributed by atoms with E-state index in [-0.39, 0.29) is 11.5 Å². The van der Waals surface area contributed by atoms with Crippen LogP contribution in [-0.4, -0.2) is 0 Å². The Kier molecular flexibility index (Phi) is 5.55. The number of nitriles is 4. The zero-order valence-corrected chi connectivity index (χ0v) is 15.0. The number of benzene rings is 3. The van der Waals surface area contributed by atoms with Gasteiger partial charge >= 0.3 is 0 Å². The first kappa shape index (κ1) is 19.8. The fourth-order valence-electron chi connectivity index (χ4n) is 2.47. The van der Waals surface area contributed by atoms with E-state index in [1.54, 1.807) is 0 Å². The molecule has 8 heteroatoms. The van der Waals surface area contributed by atoms with Crippen molar-refractivity contribution in [3.63, 3.8) is 0 Å². The normalized spacial score (nSPS) is 9.53. The van der Waals surface area contributed by atoms with E-state index in [9.17, 15) is 19.3 Å². The first-order chi connectivity index (χ1) is 14.5.